The number of amides is 2. The van der Waals surface area contributed by atoms with Crippen molar-refractivity contribution >= 4 is 27.5 Å². The fourth-order valence-electron chi connectivity index (χ4n) is 4.54. The summed E-state index contributed by atoms with van der Waals surface area (Å²) in [5.74, 6) is -0.336. The smallest absolute Gasteiger partial charge is 0.241 e. The highest BCUT2D eigenvalue weighted by Crippen LogP contribution is 2.34. The molecule has 0 saturated carbocycles. The van der Waals surface area contributed by atoms with E-state index >= 15 is 0 Å². The second-order valence-electron chi connectivity index (χ2n) is 8.53. The molecule has 9 heteroatoms. The Morgan fingerprint density at radius 1 is 1.12 bits per heavy atom. The molecule has 2 aliphatic heterocycles. The van der Waals surface area contributed by atoms with Gasteiger partial charge in [0.25, 0.3) is 0 Å². The lowest BCUT2D eigenvalue weighted by atomic mass is 10.1. The lowest BCUT2D eigenvalue weighted by Crippen LogP contribution is -2.52. The van der Waals surface area contributed by atoms with Crippen LogP contribution in [0.15, 0.2) is 53.4 Å². The van der Waals surface area contributed by atoms with Gasteiger partial charge in [-0.15, -0.1) is 0 Å². The van der Waals surface area contributed by atoms with Gasteiger partial charge in [-0.3, -0.25) is 9.59 Å². The van der Waals surface area contributed by atoms with Crippen LogP contribution in [0.4, 0.5) is 5.69 Å². The Balaban J connectivity index is 1.60. The summed E-state index contributed by atoms with van der Waals surface area (Å²) >= 11 is 0. The molecule has 2 heterocycles. The lowest BCUT2D eigenvalue weighted by molar-refractivity contribution is -0.137. The summed E-state index contributed by atoms with van der Waals surface area (Å²) in [6, 6.07) is 13.2. The summed E-state index contributed by atoms with van der Waals surface area (Å²) in [4.78, 5) is 28.7. The number of carbonyl (C=O) groups excluding carboxylic acids is 2. The first-order chi connectivity index (χ1) is 15.8. The fraction of sp³-hybridized carbons (Fsp3) is 0.417. The van der Waals surface area contributed by atoms with Crippen LogP contribution in [0.1, 0.15) is 25.0 Å². The molecule has 33 heavy (non-hydrogen) atoms. The Morgan fingerprint density at radius 3 is 2.48 bits per heavy atom. The van der Waals surface area contributed by atoms with Gasteiger partial charge in [-0.2, -0.15) is 4.72 Å². The molecule has 2 aliphatic rings. The van der Waals surface area contributed by atoms with E-state index in [-0.39, 0.29) is 29.2 Å². The molecular weight excluding hydrogens is 442 g/mol. The molecule has 0 bridgehead atoms. The molecule has 176 valence electrons. The first kappa shape index (κ1) is 23.4. The topological polar surface area (TPSA) is 96.0 Å². The fourth-order valence-corrected chi connectivity index (χ4v) is 5.78. The van der Waals surface area contributed by atoms with Crippen LogP contribution < -0.4 is 9.62 Å². The maximum atomic E-state index is 13.3. The van der Waals surface area contributed by atoms with Crippen molar-refractivity contribution in [1.29, 1.82) is 0 Å². The molecule has 2 atom stereocenters. The molecule has 8 nitrogen and oxygen atoms in total. The highest BCUT2D eigenvalue weighted by atomic mass is 32.2. The van der Waals surface area contributed by atoms with E-state index in [1.807, 2.05) is 37.3 Å². The van der Waals surface area contributed by atoms with E-state index in [0.29, 0.717) is 32.7 Å². The minimum Gasteiger partial charge on any atom is -0.378 e. The van der Waals surface area contributed by atoms with E-state index in [4.69, 9.17) is 4.74 Å². The highest BCUT2D eigenvalue weighted by molar-refractivity contribution is 7.89. The number of hydrogen-bond donors (Lipinski definition) is 1. The molecule has 4 rings (SSSR count). The zero-order chi connectivity index (χ0) is 23.6. The van der Waals surface area contributed by atoms with Crippen molar-refractivity contribution in [3.8, 4) is 0 Å². The monoisotopic (exact) mass is 471 g/mol. The summed E-state index contributed by atoms with van der Waals surface area (Å²) in [6.07, 6.45) is 0.828. The number of nitrogens with zero attached hydrogens (tertiary/aromatic N) is 2. The van der Waals surface area contributed by atoms with Crippen molar-refractivity contribution in [3.63, 3.8) is 0 Å². The largest absolute Gasteiger partial charge is 0.378 e. The van der Waals surface area contributed by atoms with Gasteiger partial charge >= 0.3 is 0 Å². The molecule has 0 unspecified atom stereocenters. The van der Waals surface area contributed by atoms with Gasteiger partial charge in [0.1, 0.15) is 6.04 Å². The van der Waals surface area contributed by atoms with E-state index in [2.05, 4.69) is 4.72 Å². The minimum absolute atomic E-state index is 0.0304. The standard InChI is InChI=1S/C24H29N3O5S/c1-17-14-20-16-21(8-9-23(20)27(17)18(2)28)33(30,31)25-22(15-19-6-4-3-5-7-19)24(29)26-10-12-32-13-11-26/h3-9,16-17,22,25H,10-15H2,1-2H3/t17-,22+/m0/s1. The highest BCUT2D eigenvalue weighted by Gasteiger charge is 2.33. The first-order valence-electron chi connectivity index (χ1n) is 11.1. The van der Waals surface area contributed by atoms with Gasteiger partial charge in [-0.1, -0.05) is 30.3 Å². The number of anilines is 1. The van der Waals surface area contributed by atoms with Gasteiger partial charge in [0.2, 0.25) is 21.8 Å². The summed E-state index contributed by atoms with van der Waals surface area (Å²) < 4.78 is 34.6. The first-order valence-corrected chi connectivity index (χ1v) is 12.6. The van der Waals surface area contributed by atoms with Gasteiger partial charge in [0, 0.05) is 31.7 Å². The molecule has 1 fully saturated rings. The van der Waals surface area contributed by atoms with E-state index in [0.717, 1.165) is 16.8 Å². The zero-order valence-electron chi connectivity index (χ0n) is 18.9. The molecular formula is C24H29N3O5S. The Bertz CT molecular complexity index is 1130. The normalized spacial score (nSPS) is 19.3. The molecule has 1 N–H and O–H groups in total. The van der Waals surface area contributed by atoms with Crippen LogP contribution in [-0.4, -0.2) is 63.5 Å². The van der Waals surface area contributed by atoms with E-state index in [9.17, 15) is 18.0 Å². The van der Waals surface area contributed by atoms with Crippen LogP contribution >= 0.6 is 0 Å². The maximum Gasteiger partial charge on any atom is 0.241 e. The van der Waals surface area contributed by atoms with E-state index < -0.39 is 16.1 Å². The lowest BCUT2D eigenvalue weighted by Gasteiger charge is -2.30. The SMILES string of the molecule is CC(=O)N1c2ccc(S(=O)(=O)N[C@H](Cc3ccccc3)C(=O)N3CCOCC3)cc2C[C@@H]1C. The molecule has 2 aromatic rings. The molecule has 2 aromatic carbocycles. The second-order valence-corrected chi connectivity index (χ2v) is 10.2. The average Bonchev–Trinajstić information content (AvgIpc) is 3.14. The van der Waals surface area contributed by atoms with Gasteiger partial charge in [-0.25, -0.2) is 8.42 Å². The summed E-state index contributed by atoms with van der Waals surface area (Å²) in [7, 11) is -3.97. The minimum atomic E-state index is -3.97. The number of ether oxygens (including phenoxy) is 1. The maximum absolute atomic E-state index is 13.3. The van der Waals surface area contributed by atoms with Crippen LogP contribution in [0.2, 0.25) is 0 Å². The number of hydrogen-bond acceptors (Lipinski definition) is 5. The quantitative estimate of drug-likeness (QED) is 0.692. The van der Waals surface area contributed by atoms with Gasteiger partial charge < -0.3 is 14.5 Å². The van der Waals surface area contributed by atoms with Crippen LogP contribution in [0.3, 0.4) is 0 Å². The summed E-state index contributed by atoms with van der Waals surface area (Å²) in [5, 5.41) is 0. The van der Waals surface area contributed by atoms with Crippen molar-refractivity contribution < 1.29 is 22.7 Å². The Labute approximate surface area is 194 Å². The van der Waals surface area contributed by atoms with Gasteiger partial charge in [0.15, 0.2) is 0 Å². The molecule has 1 saturated heterocycles. The number of sulfonamides is 1. The van der Waals surface area contributed by atoms with Crippen LogP contribution in [0.5, 0.6) is 0 Å². The molecule has 2 amide bonds. The zero-order valence-corrected chi connectivity index (χ0v) is 19.7. The number of fused-ring (bicyclic) bond motifs is 1. The third-order valence-corrected chi connectivity index (χ3v) is 7.59. The predicted molar refractivity (Wildman–Crippen MR) is 124 cm³/mol. The molecule has 0 spiro atoms. The molecule has 0 aliphatic carbocycles. The summed E-state index contributed by atoms with van der Waals surface area (Å²) in [6.45, 7) is 5.18. The third-order valence-electron chi connectivity index (χ3n) is 6.12. The third kappa shape index (κ3) is 5.10. The van der Waals surface area contributed by atoms with E-state index in [1.54, 1.807) is 21.9 Å². The Morgan fingerprint density at radius 2 is 1.82 bits per heavy atom. The van der Waals surface area contributed by atoms with Crippen molar-refractivity contribution in [2.75, 3.05) is 31.2 Å². The average molecular weight is 472 g/mol. The Hall–Kier alpha value is -2.75. The number of rotatable bonds is 6. The van der Waals surface area contributed by atoms with Gasteiger partial charge in [-0.05, 0) is 49.1 Å². The molecule has 0 radical (unpaired) electrons. The van der Waals surface area contributed by atoms with E-state index in [1.165, 1.54) is 13.0 Å². The van der Waals surface area contributed by atoms with Crippen molar-refractivity contribution in [2.24, 2.45) is 0 Å². The number of morpholine rings is 1. The van der Waals surface area contributed by atoms with Crippen molar-refractivity contribution in [3.05, 3.63) is 59.7 Å². The van der Waals surface area contributed by atoms with Crippen molar-refractivity contribution in [2.45, 2.75) is 43.7 Å². The van der Waals surface area contributed by atoms with Crippen LogP contribution in [0.25, 0.3) is 0 Å². The molecule has 0 aromatic heterocycles. The van der Waals surface area contributed by atoms with Crippen LogP contribution in [0, 0.1) is 0 Å². The predicted octanol–water partition coefficient (Wildman–Crippen LogP) is 1.73. The Kier molecular flexibility index (Phi) is 6.83. The van der Waals surface area contributed by atoms with Crippen molar-refractivity contribution in [1.82, 2.24) is 9.62 Å². The number of benzene rings is 2. The number of carbonyl (C=O) groups is 2. The second kappa shape index (κ2) is 9.62. The van der Waals surface area contributed by atoms with Gasteiger partial charge in [0.05, 0.1) is 18.1 Å². The van der Waals surface area contributed by atoms with Crippen LogP contribution in [-0.2, 0) is 37.2 Å². The summed E-state index contributed by atoms with van der Waals surface area (Å²) in [5.41, 5.74) is 2.41. The number of nitrogens with one attached hydrogen (secondary N) is 1.